The first kappa shape index (κ1) is 54.4. The van der Waals surface area contributed by atoms with Crippen LogP contribution in [-0.4, -0.2) is 19.9 Å². The molecule has 0 N–H and O–H groups in total. The maximum atomic E-state index is 5.49. The molecule has 13 aromatic carbocycles. The van der Waals surface area contributed by atoms with Gasteiger partial charge in [-0.3, -0.25) is 0 Å². The number of hydrogen-bond acceptors (Lipinski definition) is 8. The van der Waals surface area contributed by atoms with Crippen molar-refractivity contribution in [3.63, 3.8) is 0 Å². The first-order valence-corrected chi connectivity index (χ1v) is 30.2. The van der Waals surface area contributed by atoms with Crippen LogP contribution in [0.2, 0.25) is 0 Å². The van der Waals surface area contributed by atoms with E-state index in [2.05, 4.69) is 347 Å². The number of anilines is 12. The minimum atomic E-state index is 0.443. The molecule has 0 aliphatic carbocycles. The summed E-state index contributed by atoms with van der Waals surface area (Å²) in [5.41, 5.74) is 22.1. The fraction of sp³-hybridized carbons (Fsp3) is 0. The van der Waals surface area contributed by atoms with Crippen molar-refractivity contribution in [2.24, 2.45) is 0 Å². The zero-order valence-electron chi connectivity index (χ0n) is 49.1. The molecule has 0 saturated carbocycles. The summed E-state index contributed by atoms with van der Waals surface area (Å²) in [5.74, 6) is 0. The van der Waals surface area contributed by atoms with Crippen molar-refractivity contribution in [2.45, 2.75) is 0 Å². The molecule has 0 aliphatic heterocycles. The topological polar surface area (TPSA) is 64.5 Å². The Morgan fingerprint density at radius 3 is 0.544 bits per heavy atom. The van der Waals surface area contributed by atoms with Gasteiger partial charge in [0.05, 0.1) is 22.4 Å². The quantitative estimate of drug-likeness (QED) is 0.0887. The van der Waals surface area contributed by atoms with E-state index in [0.29, 0.717) is 33.7 Å². The molecule has 0 radical (unpaired) electrons. The third-order valence-electron chi connectivity index (χ3n) is 16.2. The van der Waals surface area contributed by atoms with E-state index in [4.69, 9.17) is 19.9 Å². The van der Waals surface area contributed by atoms with Crippen molar-refractivity contribution in [1.82, 2.24) is 19.9 Å². The largest absolute Gasteiger partial charge is 0.311 e. The molecule has 8 nitrogen and oxygen atoms in total. The molecule has 0 unspecified atom stereocenters. The van der Waals surface area contributed by atoms with Crippen LogP contribution in [0.3, 0.4) is 0 Å². The van der Waals surface area contributed by atoms with Crippen molar-refractivity contribution in [3.8, 4) is 44.8 Å². The number of fused-ring (bicyclic) bond motifs is 2. The lowest BCUT2D eigenvalue weighted by Gasteiger charge is -2.26. The van der Waals surface area contributed by atoms with Gasteiger partial charge in [0, 0.05) is 79.4 Å². The molecular weight excluding hydrogens is 1100 g/mol. The van der Waals surface area contributed by atoms with Gasteiger partial charge >= 0.3 is 0 Å². The molecule has 8 heteroatoms. The van der Waals surface area contributed by atoms with Crippen LogP contribution >= 0.6 is 0 Å². The first-order valence-electron chi connectivity index (χ1n) is 30.2. The maximum Gasteiger partial charge on any atom is 0.199 e. The van der Waals surface area contributed by atoms with Crippen molar-refractivity contribution < 1.29 is 0 Å². The van der Waals surface area contributed by atoms with Crippen LogP contribution in [0.5, 0.6) is 0 Å². The van der Waals surface area contributed by atoms with Crippen molar-refractivity contribution >= 4 is 90.6 Å². The first-order chi connectivity index (χ1) is 44.6. The summed E-state index contributed by atoms with van der Waals surface area (Å²) in [7, 11) is 0. The van der Waals surface area contributed by atoms with Gasteiger partial charge in [-0.25, -0.2) is 19.9 Å². The van der Waals surface area contributed by atoms with Crippen LogP contribution in [0.15, 0.2) is 352 Å². The predicted molar refractivity (Wildman–Crippen MR) is 373 cm³/mol. The fourth-order valence-electron chi connectivity index (χ4n) is 12.0. The van der Waals surface area contributed by atoms with E-state index in [0.717, 1.165) is 102 Å². The Labute approximate surface area is 523 Å². The minimum absolute atomic E-state index is 0.443. The maximum absolute atomic E-state index is 5.49. The molecule has 0 bridgehead atoms. The summed E-state index contributed by atoms with van der Waals surface area (Å²) in [5, 5.41) is 0. The SMILES string of the molecule is c1ccc(N(c2ccccc2)c2ccc(-c3cc4nc5nc(-c6ccc(N(c7ccccc7)c7ccccc7)cc6)c(-c6ccc(N(c7ccccc7)c7ccccc7)cc6)nc5nc4cc3-c3ccc(N(c4ccccc4)c4ccccc4)cc3)cc2)cc1. The Hall–Kier alpha value is -12.3. The lowest BCUT2D eigenvalue weighted by Crippen LogP contribution is -2.09. The Morgan fingerprint density at radius 1 is 0.167 bits per heavy atom. The van der Waals surface area contributed by atoms with E-state index < -0.39 is 0 Å². The molecular formula is C82H58N8. The Morgan fingerprint density at radius 2 is 0.344 bits per heavy atom. The average Bonchev–Trinajstić information content (AvgIpc) is 1.01. The van der Waals surface area contributed by atoms with Gasteiger partial charge in [-0.05, 0) is 180 Å². The van der Waals surface area contributed by atoms with Crippen LogP contribution in [0, 0.1) is 0 Å². The van der Waals surface area contributed by atoms with Gasteiger partial charge in [0.1, 0.15) is 0 Å². The van der Waals surface area contributed by atoms with Gasteiger partial charge in [-0.2, -0.15) is 0 Å². The summed E-state index contributed by atoms with van der Waals surface area (Å²) < 4.78 is 0. The molecule has 0 fully saturated rings. The second kappa shape index (κ2) is 24.6. The van der Waals surface area contributed by atoms with Crippen LogP contribution in [0.1, 0.15) is 0 Å². The molecule has 0 aliphatic rings. The minimum Gasteiger partial charge on any atom is -0.311 e. The normalized spacial score (nSPS) is 11.1. The zero-order valence-corrected chi connectivity index (χ0v) is 49.1. The number of hydrogen-bond donors (Lipinski definition) is 0. The highest BCUT2D eigenvalue weighted by Crippen LogP contribution is 2.44. The third kappa shape index (κ3) is 11.0. The molecule has 2 aromatic heterocycles. The van der Waals surface area contributed by atoms with E-state index in [-0.39, 0.29) is 0 Å². The standard InChI is InChI=1S/C82H58N8/c1-9-25-63(26-10-1)87(64-27-11-2-12-28-64)71-49-41-59(42-50-71)75-57-77-78(58-76(75)60-43-51-72(52-44-60)88(65-29-13-3-14-30-65)66-31-15-4-16-32-66)84-82-81(83-77)85-79(61-45-53-73(54-46-61)89(67-33-17-5-18-34-67)68-35-19-6-20-36-68)80(86-82)62-47-55-74(56-48-62)90(69-37-21-7-22-38-69)70-39-23-8-24-40-70/h1-58H. The molecule has 0 amide bonds. The molecule has 0 saturated heterocycles. The van der Waals surface area contributed by atoms with Gasteiger partial charge in [-0.15, -0.1) is 0 Å². The van der Waals surface area contributed by atoms with Gasteiger partial charge in [0.25, 0.3) is 0 Å². The van der Waals surface area contributed by atoms with Gasteiger partial charge in [0.2, 0.25) is 0 Å². The third-order valence-corrected chi connectivity index (χ3v) is 16.2. The molecule has 15 rings (SSSR count). The molecule has 426 valence electrons. The average molecular weight is 1160 g/mol. The summed E-state index contributed by atoms with van der Waals surface area (Å²) in [6.45, 7) is 0. The van der Waals surface area contributed by atoms with E-state index in [9.17, 15) is 0 Å². The highest BCUT2D eigenvalue weighted by Gasteiger charge is 2.22. The second-order valence-corrected chi connectivity index (χ2v) is 21.9. The summed E-state index contributed by atoms with van der Waals surface area (Å²) in [6.07, 6.45) is 0. The molecule has 0 atom stereocenters. The Bertz CT molecular complexity index is 4090. The van der Waals surface area contributed by atoms with E-state index >= 15 is 0 Å². The molecule has 15 aromatic rings. The fourth-order valence-corrected chi connectivity index (χ4v) is 12.0. The van der Waals surface area contributed by atoms with Crippen molar-refractivity contribution in [1.29, 1.82) is 0 Å². The summed E-state index contributed by atoms with van der Waals surface area (Å²) in [4.78, 5) is 30.9. The molecule has 2 heterocycles. The van der Waals surface area contributed by atoms with Gasteiger partial charge in [0.15, 0.2) is 11.3 Å². The predicted octanol–water partition coefficient (Wildman–Crippen LogP) is 22.1. The number of para-hydroxylation sites is 8. The van der Waals surface area contributed by atoms with Crippen LogP contribution in [-0.2, 0) is 0 Å². The van der Waals surface area contributed by atoms with E-state index in [1.807, 2.05) is 24.3 Å². The van der Waals surface area contributed by atoms with Crippen LogP contribution < -0.4 is 19.6 Å². The van der Waals surface area contributed by atoms with E-state index in [1.54, 1.807) is 0 Å². The Balaban J connectivity index is 0.888. The number of benzene rings is 13. The lowest BCUT2D eigenvalue weighted by molar-refractivity contribution is 1.20. The number of nitrogens with zero attached hydrogens (tertiary/aromatic N) is 8. The highest BCUT2D eigenvalue weighted by molar-refractivity contribution is 5.97. The zero-order chi connectivity index (χ0) is 60.0. The highest BCUT2D eigenvalue weighted by atomic mass is 15.2. The molecule has 90 heavy (non-hydrogen) atoms. The van der Waals surface area contributed by atoms with Crippen molar-refractivity contribution in [3.05, 3.63) is 352 Å². The lowest BCUT2D eigenvalue weighted by atomic mass is 9.93. The van der Waals surface area contributed by atoms with Gasteiger partial charge in [-0.1, -0.05) is 194 Å². The summed E-state index contributed by atoms with van der Waals surface area (Å²) >= 11 is 0. The molecule has 0 spiro atoms. The van der Waals surface area contributed by atoms with Crippen LogP contribution in [0.25, 0.3) is 67.1 Å². The number of rotatable bonds is 16. The second-order valence-electron chi connectivity index (χ2n) is 21.9. The smallest absolute Gasteiger partial charge is 0.199 e. The van der Waals surface area contributed by atoms with Crippen molar-refractivity contribution in [2.75, 3.05) is 19.6 Å². The monoisotopic (exact) mass is 1150 g/mol. The van der Waals surface area contributed by atoms with Crippen LogP contribution in [0.4, 0.5) is 68.2 Å². The van der Waals surface area contributed by atoms with Gasteiger partial charge < -0.3 is 19.6 Å². The Kier molecular flexibility index (Phi) is 14.9. The number of aromatic nitrogens is 4. The van der Waals surface area contributed by atoms with E-state index in [1.165, 1.54) is 0 Å². The summed E-state index contributed by atoms with van der Waals surface area (Å²) in [6, 6.07) is 123.